The lowest BCUT2D eigenvalue weighted by molar-refractivity contribution is 0.528. The number of nitrogens with two attached hydrogens (primary N) is 1. The Labute approximate surface area is 153 Å². The van der Waals surface area contributed by atoms with E-state index < -0.39 is 0 Å². The van der Waals surface area contributed by atoms with Gasteiger partial charge >= 0.3 is 0 Å². The topological polar surface area (TPSA) is 38.0 Å². The summed E-state index contributed by atoms with van der Waals surface area (Å²) >= 11 is 0. The predicted octanol–water partition coefficient (Wildman–Crippen LogP) is 7.05. The minimum Gasteiger partial charge on any atom is -0.386 e. The molecule has 2 heteroatoms. The Morgan fingerprint density at radius 2 is 0.917 bits per heavy atom. The lowest BCUT2D eigenvalue weighted by Gasteiger charge is -2.08. The number of rotatable bonds is 18. The van der Waals surface area contributed by atoms with Gasteiger partial charge < -0.3 is 11.1 Å². The van der Waals surface area contributed by atoms with E-state index in [0.717, 1.165) is 12.4 Å². The number of hydrogen-bond donors (Lipinski definition) is 2. The summed E-state index contributed by atoms with van der Waals surface area (Å²) in [5, 5.41) is 3.29. The van der Waals surface area contributed by atoms with Crippen LogP contribution in [-0.4, -0.2) is 6.54 Å². The predicted molar refractivity (Wildman–Crippen MR) is 110 cm³/mol. The molecule has 0 saturated heterocycles. The normalized spacial score (nSPS) is 10.8. The van der Waals surface area contributed by atoms with Crippen molar-refractivity contribution >= 4 is 0 Å². The van der Waals surface area contributed by atoms with Gasteiger partial charge in [-0.25, -0.2) is 0 Å². The molecule has 0 radical (unpaired) electrons. The molecule has 0 unspecified atom stereocenters. The zero-order valence-electron chi connectivity index (χ0n) is 17.1. The van der Waals surface area contributed by atoms with Crippen molar-refractivity contribution in [3.63, 3.8) is 0 Å². The Bertz CT molecular complexity index is 280. The smallest absolute Gasteiger partial charge is 0.0946 e. The maximum atomic E-state index is 5.85. The minimum atomic E-state index is 0.857. The van der Waals surface area contributed by atoms with E-state index in [1.165, 1.54) is 108 Å². The van der Waals surface area contributed by atoms with Gasteiger partial charge in [-0.3, -0.25) is 0 Å². The Hall–Kier alpha value is -0.660. The van der Waals surface area contributed by atoms with Crippen molar-refractivity contribution < 1.29 is 0 Å². The Morgan fingerprint density at radius 3 is 1.25 bits per heavy atom. The highest BCUT2D eigenvalue weighted by molar-refractivity contribution is 5.02. The highest BCUT2D eigenvalue weighted by atomic mass is 15.0. The van der Waals surface area contributed by atoms with Gasteiger partial charge in [-0.2, -0.15) is 0 Å². The summed E-state index contributed by atoms with van der Waals surface area (Å²) in [5.41, 5.74) is 7.04. The van der Waals surface area contributed by atoms with Crippen molar-refractivity contribution in [1.29, 1.82) is 0 Å². The van der Waals surface area contributed by atoms with Crippen LogP contribution < -0.4 is 11.1 Å². The molecule has 3 N–H and O–H groups in total. The van der Waals surface area contributed by atoms with Crippen LogP contribution in [0.5, 0.6) is 0 Å². The second-order valence-corrected chi connectivity index (χ2v) is 7.64. The first-order chi connectivity index (χ1) is 11.7. The van der Waals surface area contributed by atoms with Crippen molar-refractivity contribution in [1.82, 2.24) is 5.32 Å². The van der Waals surface area contributed by atoms with Crippen molar-refractivity contribution in [2.24, 2.45) is 5.73 Å². The summed E-state index contributed by atoms with van der Waals surface area (Å²) < 4.78 is 0. The maximum absolute atomic E-state index is 5.85. The van der Waals surface area contributed by atoms with Gasteiger partial charge in [-0.05, 0) is 25.8 Å². The van der Waals surface area contributed by atoms with Gasteiger partial charge in [0.05, 0.1) is 5.82 Å². The van der Waals surface area contributed by atoms with Gasteiger partial charge in [0.15, 0.2) is 0 Å². The van der Waals surface area contributed by atoms with E-state index in [-0.39, 0.29) is 0 Å². The minimum absolute atomic E-state index is 0.857. The quantitative estimate of drug-likeness (QED) is 0.263. The molecular weight excluding hydrogens is 292 g/mol. The van der Waals surface area contributed by atoms with Gasteiger partial charge in [-0.15, -0.1) is 0 Å². The van der Waals surface area contributed by atoms with Crippen LogP contribution in [0.1, 0.15) is 124 Å². The Kier molecular flexibility index (Phi) is 18.2. The van der Waals surface area contributed by atoms with E-state index in [1.807, 2.05) is 0 Å². The summed E-state index contributed by atoms with van der Waals surface area (Å²) in [6.45, 7) is 7.42. The summed E-state index contributed by atoms with van der Waals surface area (Å²) in [7, 11) is 0. The van der Waals surface area contributed by atoms with Gasteiger partial charge in [0.2, 0.25) is 0 Å². The van der Waals surface area contributed by atoms with Crippen LogP contribution in [0.15, 0.2) is 11.4 Å². The van der Waals surface area contributed by atoms with E-state index in [1.54, 1.807) is 0 Å². The molecule has 24 heavy (non-hydrogen) atoms. The molecule has 0 heterocycles. The summed E-state index contributed by atoms with van der Waals surface area (Å²) in [6, 6.07) is 0. The van der Waals surface area contributed by atoms with E-state index in [2.05, 4.69) is 26.1 Å². The molecule has 0 aliphatic heterocycles. The molecule has 0 aliphatic carbocycles. The molecule has 0 spiro atoms. The first-order valence-corrected chi connectivity index (χ1v) is 10.8. The van der Waals surface area contributed by atoms with Crippen molar-refractivity contribution in [3.05, 3.63) is 11.4 Å². The zero-order chi connectivity index (χ0) is 17.9. The first kappa shape index (κ1) is 23.3. The van der Waals surface area contributed by atoms with Crippen LogP contribution in [0.4, 0.5) is 0 Å². The molecule has 0 atom stereocenters. The van der Waals surface area contributed by atoms with Crippen LogP contribution in [0.25, 0.3) is 0 Å². The number of allylic oxidation sites excluding steroid dienone is 1. The fourth-order valence-electron chi connectivity index (χ4n) is 3.07. The van der Waals surface area contributed by atoms with Crippen molar-refractivity contribution in [2.45, 2.75) is 124 Å². The van der Waals surface area contributed by atoms with E-state index in [4.69, 9.17) is 5.73 Å². The van der Waals surface area contributed by atoms with E-state index in [9.17, 15) is 0 Å². The molecule has 0 aromatic rings. The summed E-state index contributed by atoms with van der Waals surface area (Å²) in [5.74, 6) is 0.857. The summed E-state index contributed by atoms with van der Waals surface area (Å²) in [4.78, 5) is 0. The molecule has 0 aromatic heterocycles. The molecule has 2 nitrogen and oxygen atoms in total. The fraction of sp³-hybridized carbons (Fsp3) is 0.909. The molecule has 0 aromatic carbocycles. The zero-order valence-corrected chi connectivity index (χ0v) is 17.1. The van der Waals surface area contributed by atoms with Crippen molar-refractivity contribution in [3.8, 4) is 0 Å². The molecule has 0 aliphatic rings. The van der Waals surface area contributed by atoms with Crippen LogP contribution in [0.2, 0.25) is 0 Å². The standard InChI is InChI=1S/C22H46N2/c1-4-5-6-7-8-9-10-11-12-13-14-15-16-17-18-19-20-24-22(23)21(2)3/h24H,4-20,23H2,1-3H3. The Morgan fingerprint density at radius 1 is 0.583 bits per heavy atom. The second kappa shape index (κ2) is 18.7. The van der Waals surface area contributed by atoms with Gasteiger partial charge in [-0.1, -0.05) is 103 Å². The monoisotopic (exact) mass is 338 g/mol. The molecule has 0 fully saturated rings. The van der Waals surface area contributed by atoms with Gasteiger partial charge in [0.1, 0.15) is 0 Å². The average molecular weight is 339 g/mol. The highest BCUT2D eigenvalue weighted by Gasteiger charge is 1.95. The maximum Gasteiger partial charge on any atom is 0.0946 e. The molecule has 0 amide bonds. The third-order valence-corrected chi connectivity index (χ3v) is 4.88. The molecule has 0 bridgehead atoms. The SMILES string of the molecule is CCCCCCCCCCCCCCCCCCNC(N)=C(C)C. The van der Waals surface area contributed by atoms with Gasteiger partial charge in [0.25, 0.3) is 0 Å². The largest absolute Gasteiger partial charge is 0.386 e. The Balaban J connectivity index is 3.07. The lowest BCUT2D eigenvalue weighted by Crippen LogP contribution is -2.22. The van der Waals surface area contributed by atoms with E-state index >= 15 is 0 Å². The van der Waals surface area contributed by atoms with Crippen molar-refractivity contribution in [2.75, 3.05) is 6.54 Å². The number of hydrogen-bond acceptors (Lipinski definition) is 2. The van der Waals surface area contributed by atoms with Crippen LogP contribution in [0.3, 0.4) is 0 Å². The highest BCUT2D eigenvalue weighted by Crippen LogP contribution is 2.13. The molecular formula is C22H46N2. The lowest BCUT2D eigenvalue weighted by atomic mass is 10.0. The second-order valence-electron chi connectivity index (χ2n) is 7.64. The van der Waals surface area contributed by atoms with E-state index in [0.29, 0.717) is 0 Å². The van der Waals surface area contributed by atoms with Gasteiger partial charge in [0, 0.05) is 6.54 Å². The average Bonchev–Trinajstić information content (AvgIpc) is 2.57. The fourth-order valence-corrected chi connectivity index (χ4v) is 3.07. The third kappa shape index (κ3) is 17.7. The third-order valence-electron chi connectivity index (χ3n) is 4.88. The number of unbranched alkanes of at least 4 members (excludes halogenated alkanes) is 15. The van der Waals surface area contributed by atoms with Crippen LogP contribution in [-0.2, 0) is 0 Å². The molecule has 0 saturated carbocycles. The van der Waals surface area contributed by atoms with Crippen LogP contribution in [0, 0.1) is 0 Å². The molecule has 144 valence electrons. The van der Waals surface area contributed by atoms with Crippen LogP contribution >= 0.6 is 0 Å². The first-order valence-electron chi connectivity index (χ1n) is 10.8. The number of nitrogens with one attached hydrogen (secondary N) is 1. The summed E-state index contributed by atoms with van der Waals surface area (Å²) in [6.07, 6.45) is 22.7. The molecule has 0 rings (SSSR count).